The summed E-state index contributed by atoms with van der Waals surface area (Å²) in [6.07, 6.45) is 11.7. The Morgan fingerprint density at radius 3 is 2.50 bits per heavy atom. The number of esters is 2. The molecule has 3 aliphatic rings. The van der Waals surface area contributed by atoms with E-state index in [0.29, 0.717) is 36.3 Å². The molecule has 0 aromatic heterocycles. The number of aryl methyl sites for hydroxylation is 1. The highest BCUT2D eigenvalue weighted by atomic mass is 16.5. The van der Waals surface area contributed by atoms with Gasteiger partial charge in [-0.1, -0.05) is 39.7 Å². The normalized spacial score (nSPS) is 30.7. The van der Waals surface area contributed by atoms with Gasteiger partial charge in [0, 0.05) is 18.3 Å². The number of hydrogen-bond donors (Lipinski definition) is 0. The Balaban J connectivity index is 1.44. The van der Waals surface area contributed by atoms with Crippen LogP contribution in [0.4, 0.5) is 0 Å². The van der Waals surface area contributed by atoms with Crippen molar-refractivity contribution in [3.63, 3.8) is 0 Å². The van der Waals surface area contributed by atoms with Gasteiger partial charge in [-0.05, 0) is 92.4 Å². The lowest BCUT2D eigenvalue weighted by molar-refractivity contribution is -0.157. The van der Waals surface area contributed by atoms with Crippen molar-refractivity contribution < 1.29 is 19.1 Å². The minimum atomic E-state index is -0.126. The zero-order valence-corrected chi connectivity index (χ0v) is 20.2. The predicted octanol–water partition coefficient (Wildman–Crippen LogP) is 6.74. The molecule has 0 radical (unpaired) electrons. The van der Waals surface area contributed by atoms with Crippen LogP contribution in [0.1, 0.15) is 108 Å². The van der Waals surface area contributed by atoms with E-state index >= 15 is 0 Å². The molecule has 1 aromatic rings. The molecular formula is C28H40O4. The molecule has 1 unspecified atom stereocenters. The second-order valence-corrected chi connectivity index (χ2v) is 10.6. The van der Waals surface area contributed by atoms with E-state index in [-0.39, 0.29) is 23.5 Å². The largest absolute Gasteiger partial charge is 0.462 e. The predicted molar refractivity (Wildman–Crippen MR) is 126 cm³/mol. The van der Waals surface area contributed by atoms with Gasteiger partial charge in [-0.25, -0.2) is 0 Å². The maximum Gasteiger partial charge on any atom is 0.311 e. The Bertz CT molecular complexity index is 831. The molecule has 4 nitrogen and oxygen atoms in total. The SMILES string of the molecule is CCCCC(=O)Oc1ccc2c(c1)CC[C@@H]1[C@@H]2CC[C@]2(C)C(OC(=O)CCCC)CC[C@@H]12. The Hall–Kier alpha value is -1.84. The van der Waals surface area contributed by atoms with E-state index in [2.05, 4.69) is 32.9 Å². The van der Waals surface area contributed by atoms with Gasteiger partial charge in [-0.2, -0.15) is 0 Å². The van der Waals surface area contributed by atoms with Gasteiger partial charge in [-0.3, -0.25) is 9.59 Å². The Labute approximate surface area is 193 Å². The summed E-state index contributed by atoms with van der Waals surface area (Å²) in [5.41, 5.74) is 2.94. The zero-order chi connectivity index (χ0) is 22.7. The van der Waals surface area contributed by atoms with Crippen molar-refractivity contribution in [3.8, 4) is 5.75 Å². The molecule has 0 heterocycles. The highest BCUT2D eigenvalue weighted by molar-refractivity contribution is 5.72. The van der Waals surface area contributed by atoms with E-state index < -0.39 is 0 Å². The van der Waals surface area contributed by atoms with E-state index in [1.54, 1.807) is 0 Å². The summed E-state index contributed by atoms with van der Waals surface area (Å²) in [6, 6.07) is 6.32. The third-order valence-electron chi connectivity index (χ3n) is 8.59. The molecule has 0 saturated heterocycles. The van der Waals surface area contributed by atoms with E-state index in [1.807, 2.05) is 6.07 Å². The van der Waals surface area contributed by atoms with Crippen molar-refractivity contribution in [2.45, 2.75) is 110 Å². The monoisotopic (exact) mass is 440 g/mol. The van der Waals surface area contributed by atoms with Gasteiger partial charge in [-0.15, -0.1) is 0 Å². The second-order valence-electron chi connectivity index (χ2n) is 10.6. The molecule has 2 saturated carbocycles. The average Bonchev–Trinajstić information content (AvgIpc) is 3.12. The van der Waals surface area contributed by atoms with Crippen LogP contribution in [0.25, 0.3) is 0 Å². The van der Waals surface area contributed by atoms with Crippen molar-refractivity contribution >= 4 is 11.9 Å². The first-order valence-corrected chi connectivity index (χ1v) is 13.0. The van der Waals surface area contributed by atoms with Crippen LogP contribution in [0.15, 0.2) is 18.2 Å². The standard InChI is InChI=1S/C28H40O4/c1-4-6-8-26(29)31-20-11-13-21-19(18-20)10-12-23-22(21)16-17-28(3)24(23)14-15-25(28)32-27(30)9-7-5-2/h11,13,18,22-25H,4-10,12,14-17H2,1-3H3/t22-,23-,24+,25?,28+/m1/s1. The molecule has 4 rings (SSSR count). The third-order valence-corrected chi connectivity index (χ3v) is 8.59. The number of fused-ring (bicyclic) bond motifs is 5. The van der Waals surface area contributed by atoms with Gasteiger partial charge in [0.1, 0.15) is 11.9 Å². The topological polar surface area (TPSA) is 52.6 Å². The lowest BCUT2D eigenvalue weighted by atomic mass is 9.55. The number of unbranched alkanes of at least 4 members (excludes halogenated alkanes) is 2. The van der Waals surface area contributed by atoms with E-state index in [4.69, 9.17) is 9.47 Å². The summed E-state index contributed by atoms with van der Waals surface area (Å²) >= 11 is 0. The quantitative estimate of drug-likeness (QED) is 0.332. The first-order chi connectivity index (χ1) is 15.5. The fourth-order valence-corrected chi connectivity index (χ4v) is 6.81. The first-order valence-electron chi connectivity index (χ1n) is 13.0. The van der Waals surface area contributed by atoms with Gasteiger partial charge in [0.05, 0.1) is 0 Å². The van der Waals surface area contributed by atoms with Crippen molar-refractivity contribution in [1.29, 1.82) is 0 Å². The molecule has 0 spiro atoms. The highest BCUT2D eigenvalue weighted by Gasteiger charge is 2.56. The van der Waals surface area contributed by atoms with Crippen LogP contribution in [0.3, 0.4) is 0 Å². The van der Waals surface area contributed by atoms with Crippen molar-refractivity contribution in [2.75, 3.05) is 0 Å². The van der Waals surface area contributed by atoms with E-state index in [1.165, 1.54) is 24.0 Å². The fourth-order valence-electron chi connectivity index (χ4n) is 6.81. The number of carbonyl (C=O) groups excluding carboxylic acids is 2. The summed E-state index contributed by atoms with van der Waals surface area (Å²) in [4.78, 5) is 24.4. The summed E-state index contributed by atoms with van der Waals surface area (Å²) in [6.45, 7) is 6.58. The van der Waals surface area contributed by atoms with E-state index in [0.717, 1.165) is 51.4 Å². The summed E-state index contributed by atoms with van der Waals surface area (Å²) in [7, 11) is 0. The molecule has 0 N–H and O–H groups in total. The van der Waals surface area contributed by atoms with Crippen LogP contribution in [0.5, 0.6) is 5.75 Å². The van der Waals surface area contributed by atoms with Gasteiger partial charge in [0.25, 0.3) is 0 Å². The zero-order valence-electron chi connectivity index (χ0n) is 20.2. The lowest BCUT2D eigenvalue weighted by Gasteiger charge is -2.50. The molecule has 176 valence electrons. The minimum Gasteiger partial charge on any atom is -0.462 e. The Kier molecular flexibility index (Phi) is 7.27. The molecule has 3 aliphatic carbocycles. The number of carbonyl (C=O) groups is 2. The molecule has 1 aromatic carbocycles. The van der Waals surface area contributed by atoms with Crippen LogP contribution in [0, 0.1) is 17.3 Å². The van der Waals surface area contributed by atoms with Crippen LogP contribution in [-0.2, 0) is 20.7 Å². The minimum absolute atomic E-state index is 0.00384. The Morgan fingerprint density at radius 2 is 1.75 bits per heavy atom. The van der Waals surface area contributed by atoms with Gasteiger partial charge in [0.15, 0.2) is 0 Å². The van der Waals surface area contributed by atoms with Crippen LogP contribution >= 0.6 is 0 Å². The summed E-state index contributed by atoms with van der Waals surface area (Å²) in [5, 5.41) is 0. The highest BCUT2D eigenvalue weighted by Crippen LogP contribution is 2.61. The second kappa shape index (κ2) is 9.97. The number of benzene rings is 1. The first kappa shape index (κ1) is 23.3. The van der Waals surface area contributed by atoms with Crippen LogP contribution < -0.4 is 4.74 Å². The molecule has 0 bridgehead atoms. The van der Waals surface area contributed by atoms with Crippen molar-refractivity contribution in [1.82, 2.24) is 0 Å². The average molecular weight is 441 g/mol. The lowest BCUT2D eigenvalue weighted by Crippen LogP contribution is -2.45. The van der Waals surface area contributed by atoms with Gasteiger partial charge >= 0.3 is 11.9 Å². The molecule has 0 amide bonds. The number of ether oxygens (including phenoxy) is 2. The van der Waals surface area contributed by atoms with Gasteiger partial charge in [0.2, 0.25) is 0 Å². The smallest absolute Gasteiger partial charge is 0.311 e. The van der Waals surface area contributed by atoms with E-state index in [9.17, 15) is 9.59 Å². The molecule has 0 aliphatic heterocycles. The Morgan fingerprint density at radius 1 is 1.00 bits per heavy atom. The third kappa shape index (κ3) is 4.61. The molecule has 5 atom stereocenters. The van der Waals surface area contributed by atoms with Crippen LogP contribution in [-0.4, -0.2) is 18.0 Å². The van der Waals surface area contributed by atoms with Crippen molar-refractivity contribution in [2.24, 2.45) is 17.3 Å². The fraction of sp³-hybridized carbons (Fsp3) is 0.714. The van der Waals surface area contributed by atoms with Gasteiger partial charge < -0.3 is 9.47 Å². The number of hydrogen-bond acceptors (Lipinski definition) is 4. The molecular weight excluding hydrogens is 400 g/mol. The van der Waals surface area contributed by atoms with Crippen molar-refractivity contribution in [3.05, 3.63) is 29.3 Å². The number of rotatable bonds is 8. The molecule has 32 heavy (non-hydrogen) atoms. The summed E-state index contributed by atoms with van der Waals surface area (Å²) < 4.78 is 11.6. The maximum absolute atomic E-state index is 12.3. The maximum atomic E-state index is 12.3. The van der Waals surface area contributed by atoms with Crippen LogP contribution in [0.2, 0.25) is 0 Å². The summed E-state index contributed by atoms with van der Waals surface area (Å²) in [5.74, 6) is 2.44. The molecule has 4 heteroatoms. The molecule has 2 fully saturated rings.